The van der Waals surface area contributed by atoms with E-state index in [0.717, 1.165) is 42.5 Å². The first kappa shape index (κ1) is 13.7. The summed E-state index contributed by atoms with van der Waals surface area (Å²) in [5, 5.41) is 19.5. The molecule has 5 heteroatoms. The molecule has 4 N–H and O–H groups in total. The summed E-state index contributed by atoms with van der Waals surface area (Å²) in [4.78, 5) is 6.71. The predicted octanol–water partition coefficient (Wildman–Crippen LogP) is 2.48. The smallest absolute Gasteiger partial charge is 0.136 e. The van der Waals surface area contributed by atoms with Crippen molar-refractivity contribution in [2.45, 2.75) is 19.8 Å². The average molecular weight is 284 g/mol. The van der Waals surface area contributed by atoms with Crippen LogP contribution in [0.2, 0.25) is 0 Å². The number of benzene rings is 1. The van der Waals surface area contributed by atoms with Crippen molar-refractivity contribution in [3.63, 3.8) is 0 Å². The Morgan fingerprint density at radius 1 is 1.33 bits per heavy atom. The van der Waals surface area contributed by atoms with E-state index < -0.39 is 0 Å². The Morgan fingerprint density at radius 3 is 2.71 bits per heavy atom. The van der Waals surface area contributed by atoms with Crippen LogP contribution in [0.1, 0.15) is 19.8 Å². The highest BCUT2D eigenvalue weighted by molar-refractivity contribution is 5.93. The van der Waals surface area contributed by atoms with Gasteiger partial charge in [0.1, 0.15) is 11.6 Å². The maximum Gasteiger partial charge on any atom is 0.136 e. The highest BCUT2D eigenvalue weighted by Gasteiger charge is 2.33. The number of phenols is 1. The maximum atomic E-state index is 9.72. The molecule has 0 spiro atoms. The van der Waals surface area contributed by atoms with Crippen LogP contribution in [0, 0.1) is 10.8 Å². The molecule has 0 amide bonds. The predicted molar refractivity (Wildman–Crippen MR) is 84.9 cm³/mol. The Balaban J connectivity index is 1.92. The number of nitrogens with one attached hydrogen (secondary N) is 1. The Labute approximate surface area is 123 Å². The molecular weight excluding hydrogens is 264 g/mol. The zero-order valence-corrected chi connectivity index (χ0v) is 12.1. The zero-order chi connectivity index (χ0) is 15.0. The molecule has 1 aliphatic rings. The van der Waals surface area contributed by atoms with Gasteiger partial charge in [0.25, 0.3) is 0 Å². The Morgan fingerprint density at radius 2 is 2.05 bits per heavy atom. The monoisotopic (exact) mass is 284 g/mol. The van der Waals surface area contributed by atoms with E-state index >= 15 is 0 Å². The lowest BCUT2D eigenvalue weighted by atomic mass is 9.79. The van der Waals surface area contributed by atoms with E-state index in [9.17, 15) is 5.11 Å². The first-order valence-corrected chi connectivity index (χ1v) is 7.17. The van der Waals surface area contributed by atoms with Crippen molar-refractivity contribution in [3.8, 4) is 5.75 Å². The van der Waals surface area contributed by atoms with Crippen molar-refractivity contribution in [1.29, 1.82) is 5.41 Å². The van der Waals surface area contributed by atoms with Gasteiger partial charge in [-0.15, -0.1) is 0 Å². The van der Waals surface area contributed by atoms with E-state index in [1.54, 1.807) is 18.3 Å². The van der Waals surface area contributed by atoms with E-state index in [2.05, 4.69) is 16.8 Å². The number of aromatic hydroxyl groups is 1. The number of nitrogens with two attached hydrogens (primary N) is 1. The van der Waals surface area contributed by atoms with Crippen molar-refractivity contribution in [2.24, 2.45) is 11.1 Å². The van der Waals surface area contributed by atoms with E-state index in [4.69, 9.17) is 11.1 Å². The molecule has 1 aliphatic heterocycles. The molecule has 1 saturated heterocycles. The third kappa shape index (κ3) is 2.39. The molecule has 0 aliphatic carbocycles. The summed E-state index contributed by atoms with van der Waals surface area (Å²) in [7, 11) is 0. The Hall–Kier alpha value is -2.30. The molecule has 3 rings (SSSR count). The minimum absolute atomic E-state index is 0.205. The minimum atomic E-state index is -0.205. The summed E-state index contributed by atoms with van der Waals surface area (Å²) in [5.74, 6) is 1.42. The van der Waals surface area contributed by atoms with Crippen LogP contribution in [0.4, 0.5) is 5.82 Å². The molecule has 1 aromatic heterocycles. The summed E-state index contributed by atoms with van der Waals surface area (Å²) < 4.78 is 0. The van der Waals surface area contributed by atoms with Gasteiger partial charge in [0.15, 0.2) is 0 Å². The van der Waals surface area contributed by atoms with Gasteiger partial charge in [-0.05, 0) is 36.4 Å². The second-order valence-corrected chi connectivity index (χ2v) is 6.00. The van der Waals surface area contributed by atoms with Crippen LogP contribution in [0.15, 0.2) is 30.5 Å². The normalized spacial score (nSPS) is 17.9. The molecule has 0 bridgehead atoms. The largest absolute Gasteiger partial charge is 0.508 e. The highest BCUT2D eigenvalue weighted by Crippen LogP contribution is 2.35. The van der Waals surface area contributed by atoms with Gasteiger partial charge in [-0.1, -0.05) is 13.0 Å². The summed E-state index contributed by atoms with van der Waals surface area (Å²) in [6.07, 6.45) is 3.49. The van der Waals surface area contributed by atoms with Gasteiger partial charge in [0, 0.05) is 30.1 Å². The van der Waals surface area contributed by atoms with Gasteiger partial charge in [-0.3, -0.25) is 5.41 Å². The fourth-order valence-electron chi connectivity index (χ4n) is 2.87. The van der Waals surface area contributed by atoms with Crippen LogP contribution in [0.5, 0.6) is 5.75 Å². The third-order valence-electron chi connectivity index (χ3n) is 4.55. The van der Waals surface area contributed by atoms with Crippen LogP contribution >= 0.6 is 0 Å². The molecule has 2 aromatic rings. The second-order valence-electron chi connectivity index (χ2n) is 6.00. The van der Waals surface area contributed by atoms with Crippen LogP contribution in [-0.2, 0) is 0 Å². The molecule has 21 heavy (non-hydrogen) atoms. The Kier molecular flexibility index (Phi) is 3.20. The standard InChI is InChI=1S/C16H20N4O/c1-16(15(17)18)5-8-20(9-6-16)14-13-10-12(21)3-2-11(13)4-7-19-14/h2-4,7,10,21H,5-6,8-9H2,1H3,(H3,17,18). The van der Waals surface area contributed by atoms with Crippen LogP contribution in [0.25, 0.3) is 10.8 Å². The molecule has 0 radical (unpaired) electrons. The van der Waals surface area contributed by atoms with Gasteiger partial charge in [-0.2, -0.15) is 0 Å². The molecule has 0 saturated carbocycles. The number of rotatable bonds is 2. The van der Waals surface area contributed by atoms with Crippen molar-refractivity contribution < 1.29 is 5.11 Å². The number of hydrogen-bond donors (Lipinski definition) is 3. The number of phenolic OH excluding ortho intramolecular Hbond substituents is 1. The topological polar surface area (TPSA) is 86.2 Å². The van der Waals surface area contributed by atoms with Crippen LogP contribution in [-0.4, -0.2) is 29.0 Å². The van der Waals surface area contributed by atoms with Crippen molar-refractivity contribution in [1.82, 2.24) is 4.98 Å². The number of fused-ring (bicyclic) bond motifs is 1. The molecular formula is C16H20N4O. The number of piperidine rings is 1. The summed E-state index contributed by atoms with van der Waals surface area (Å²) >= 11 is 0. The maximum absolute atomic E-state index is 9.72. The molecule has 0 unspecified atom stereocenters. The molecule has 1 aromatic carbocycles. The van der Waals surface area contributed by atoms with Crippen LogP contribution < -0.4 is 10.6 Å². The number of hydrogen-bond acceptors (Lipinski definition) is 4. The van der Waals surface area contributed by atoms with Gasteiger partial charge < -0.3 is 15.7 Å². The SMILES string of the molecule is CC1(C(=N)N)CCN(c2nccc3ccc(O)cc23)CC1. The molecule has 5 nitrogen and oxygen atoms in total. The van der Waals surface area contributed by atoms with Crippen molar-refractivity contribution >= 4 is 22.4 Å². The summed E-state index contributed by atoms with van der Waals surface area (Å²) in [5.41, 5.74) is 5.51. The number of pyridine rings is 1. The lowest BCUT2D eigenvalue weighted by molar-refractivity contribution is 0.350. The molecule has 1 fully saturated rings. The minimum Gasteiger partial charge on any atom is -0.508 e. The van der Waals surface area contributed by atoms with Crippen molar-refractivity contribution in [2.75, 3.05) is 18.0 Å². The first-order valence-electron chi connectivity index (χ1n) is 7.17. The van der Waals surface area contributed by atoms with Gasteiger partial charge in [-0.25, -0.2) is 4.98 Å². The fraction of sp³-hybridized carbons (Fsp3) is 0.375. The average Bonchev–Trinajstić information content (AvgIpc) is 2.47. The van der Waals surface area contributed by atoms with E-state index in [0.29, 0.717) is 0 Å². The zero-order valence-electron chi connectivity index (χ0n) is 12.1. The lowest BCUT2D eigenvalue weighted by Gasteiger charge is -2.39. The second kappa shape index (κ2) is 4.91. The van der Waals surface area contributed by atoms with Gasteiger partial charge >= 0.3 is 0 Å². The number of nitrogens with zero attached hydrogens (tertiary/aromatic N) is 2. The summed E-state index contributed by atoms with van der Waals surface area (Å²) in [6.45, 7) is 3.69. The van der Waals surface area contributed by atoms with E-state index in [-0.39, 0.29) is 17.0 Å². The molecule has 2 heterocycles. The molecule has 0 atom stereocenters. The first-order chi connectivity index (χ1) is 9.99. The quantitative estimate of drug-likeness (QED) is 0.584. The number of anilines is 1. The third-order valence-corrected chi connectivity index (χ3v) is 4.55. The van der Waals surface area contributed by atoms with Crippen LogP contribution in [0.3, 0.4) is 0 Å². The Bertz CT molecular complexity index is 690. The highest BCUT2D eigenvalue weighted by atomic mass is 16.3. The number of amidine groups is 1. The van der Waals surface area contributed by atoms with E-state index in [1.807, 2.05) is 12.1 Å². The van der Waals surface area contributed by atoms with Gasteiger partial charge in [0.2, 0.25) is 0 Å². The number of aromatic nitrogens is 1. The van der Waals surface area contributed by atoms with Gasteiger partial charge in [0.05, 0.1) is 5.84 Å². The molecule has 110 valence electrons. The van der Waals surface area contributed by atoms with Crippen molar-refractivity contribution in [3.05, 3.63) is 30.5 Å². The summed E-state index contributed by atoms with van der Waals surface area (Å²) in [6, 6.07) is 7.30. The van der Waals surface area contributed by atoms with E-state index in [1.165, 1.54) is 0 Å². The fourth-order valence-corrected chi connectivity index (χ4v) is 2.87. The lowest BCUT2D eigenvalue weighted by Crippen LogP contribution is -2.45.